The molecule has 0 aliphatic heterocycles. The molecule has 4 rings (SSSR count). The van der Waals surface area contributed by atoms with E-state index in [0.717, 1.165) is 32.3 Å². The van der Waals surface area contributed by atoms with E-state index in [4.69, 9.17) is 0 Å². The molecule has 106 valence electrons. The summed E-state index contributed by atoms with van der Waals surface area (Å²) in [7, 11) is 0. The minimum atomic E-state index is -1.22. The fraction of sp³-hybridized carbons (Fsp3) is 0. The van der Waals surface area contributed by atoms with Crippen LogP contribution >= 0.6 is 0 Å². The van der Waals surface area contributed by atoms with Gasteiger partial charge >= 0.3 is 0 Å². The Kier molecular flexibility index (Phi) is 2.39. The van der Waals surface area contributed by atoms with Crippen LogP contribution in [0, 0.1) is 0 Å². The Morgan fingerprint density at radius 3 is 1.09 bits per heavy atom. The van der Waals surface area contributed by atoms with E-state index in [1.54, 1.807) is 48.5 Å². The predicted molar refractivity (Wildman–Crippen MR) is 78.8 cm³/mol. The number of hydrogen-bond acceptors (Lipinski definition) is 4. The number of benzene rings is 4. The first-order valence-electron chi connectivity index (χ1n) is 6.70. The monoisotopic (exact) mass is 288 g/mol. The summed E-state index contributed by atoms with van der Waals surface area (Å²) in [6, 6.07) is 13.4. The van der Waals surface area contributed by atoms with Crippen LogP contribution in [0.4, 0.5) is 0 Å². The van der Waals surface area contributed by atoms with Crippen molar-refractivity contribution < 1.29 is 19.8 Å². The van der Waals surface area contributed by atoms with Gasteiger partial charge in [-0.25, -0.2) is 0 Å². The normalized spacial score (nSPS) is 11.5. The van der Waals surface area contributed by atoms with Crippen molar-refractivity contribution in [1.82, 2.24) is 0 Å². The van der Waals surface area contributed by atoms with E-state index in [1.165, 1.54) is 0 Å². The zero-order valence-electron chi connectivity index (χ0n) is 11.3. The molecule has 0 radical (unpaired) electrons. The van der Waals surface area contributed by atoms with Gasteiger partial charge in [0.1, 0.15) is 0 Å². The second kappa shape index (κ2) is 4.18. The first-order chi connectivity index (χ1) is 10.5. The van der Waals surface area contributed by atoms with Gasteiger partial charge in [-0.15, -0.1) is 0 Å². The van der Waals surface area contributed by atoms with Gasteiger partial charge in [0.05, 0.1) is 11.9 Å². The molecule has 0 atom stereocenters. The first-order valence-corrected chi connectivity index (χ1v) is 6.70. The molecule has 0 aliphatic rings. The fourth-order valence-corrected chi connectivity index (χ4v) is 3.07. The maximum absolute atomic E-state index is 11.1. The number of carboxylic acid groups (broad SMARTS) is 2. The van der Waals surface area contributed by atoms with Gasteiger partial charge in [-0.2, -0.15) is 0 Å². The lowest BCUT2D eigenvalue weighted by Crippen LogP contribution is -2.22. The molecule has 0 saturated carbocycles. The summed E-state index contributed by atoms with van der Waals surface area (Å²) in [5.41, 5.74) is 0.252. The highest BCUT2D eigenvalue weighted by molar-refractivity contribution is 6.24. The van der Waals surface area contributed by atoms with Gasteiger partial charge in [-0.1, -0.05) is 24.3 Å². The highest BCUT2D eigenvalue weighted by atomic mass is 16.4. The highest BCUT2D eigenvalue weighted by Gasteiger charge is 2.11. The van der Waals surface area contributed by atoms with E-state index in [-0.39, 0.29) is 11.1 Å². The van der Waals surface area contributed by atoms with Crippen LogP contribution in [-0.4, -0.2) is 11.9 Å². The van der Waals surface area contributed by atoms with Crippen LogP contribution < -0.4 is 10.2 Å². The lowest BCUT2D eigenvalue weighted by atomic mass is 9.91. The number of carboxylic acids is 2. The van der Waals surface area contributed by atoms with Gasteiger partial charge in [0.2, 0.25) is 0 Å². The summed E-state index contributed by atoms with van der Waals surface area (Å²) in [6.45, 7) is 0. The van der Waals surface area contributed by atoms with Crippen molar-refractivity contribution in [3.05, 3.63) is 59.7 Å². The molecule has 0 aliphatic carbocycles. The van der Waals surface area contributed by atoms with E-state index < -0.39 is 11.9 Å². The van der Waals surface area contributed by atoms with Gasteiger partial charge in [-0.05, 0) is 67.7 Å². The second-order valence-electron chi connectivity index (χ2n) is 5.30. The van der Waals surface area contributed by atoms with Crippen LogP contribution in [0.5, 0.6) is 0 Å². The molecular weight excluding hydrogens is 280 g/mol. The minimum Gasteiger partial charge on any atom is -0.545 e. The van der Waals surface area contributed by atoms with Crippen LogP contribution in [0.15, 0.2) is 48.5 Å². The molecule has 4 nitrogen and oxygen atoms in total. The van der Waals surface area contributed by atoms with E-state index >= 15 is 0 Å². The summed E-state index contributed by atoms with van der Waals surface area (Å²) < 4.78 is 0. The van der Waals surface area contributed by atoms with E-state index in [1.807, 2.05) is 0 Å². The van der Waals surface area contributed by atoms with Gasteiger partial charge in [-0.3, -0.25) is 0 Å². The van der Waals surface area contributed by atoms with E-state index in [2.05, 4.69) is 0 Å². The molecule has 0 amide bonds. The SMILES string of the molecule is O=C([O-])c1cc2ccc3cc(C(=O)[O-])cc4ccc(c1)c2c34. The predicted octanol–water partition coefficient (Wildman–Crippen LogP) is 1.31. The Bertz CT molecular complexity index is 925. The Balaban J connectivity index is 2.21. The molecule has 0 aromatic heterocycles. The third-order valence-corrected chi connectivity index (χ3v) is 4.01. The van der Waals surface area contributed by atoms with Gasteiger partial charge in [0.15, 0.2) is 0 Å². The highest BCUT2D eigenvalue weighted by Crippen LogP contribution is 2.35. The molecule has 4 aromatic carbocycles. The maximum atomic E-state index is 11.1. The topological polar surface area (TPSA) is 80.3 Å². The Labute approximate surface area is 124 Å². The van der Waals surface area contributed by atoms with Crippen molar-refractivity contribution in [2.75, 3.05) is 0 Å². The molecular formula is C18H8O4-2. The maximum Gasteiger partial charge on any atom is 0.0715 e. The Morgan fingerprint density at radius 2 is 0.864 bits per heavy atom. The minimum absolute atomic E-state index is 0.126. The van der Waals surface area contributed by atoms with Gasteiger partial charge in [0.25, 0.3) is 0 Å². The molecule has 0 bridgehead atoms. The number of carbonyl (C=O) groups is 2. The van der Waals surface area contributed by atoms with Crippen molar-refractivity contribution in [1.29, 1.82) is 0 Å². The number of aromatic carboxylic acids is 2. The zero-order chi connectivity index (χ0) is 15.4. The quantitative estimate of drug-likeness (QED) is 0.521. The second-order valence-corrected chi connectivity index (χ2v) is 5.30. The average molecular weight is 288 g/mol. The third-order valence-electron chi connectivity index (χ3n) is 4.01. The van der Waals surface area contributed by atoms with Crippen molar-refractivity contribution in [3.63, 3.8) is 0 Å². The molecule has 22 heavy (non-hydrogen) atoms. The summed E-state index contributed by atoms with van der Waals surface area (Å²) >= 11 is 0. The van der Waals surface area contributed by atoms with Gasteiger partial charge in [0, 0.05) is 0 Å². The van der Waals surface area contributed by atoms with Crippen molar-refractivity contribution in [2.24, 2.45) is 0 Å². The fourth-order valence-electron chi connectivity index (χ4n) is 3.07. The first kappa shape index (κ1) is 12.6. The van der Waals surface area contributed by atoms with Gasteiger partial charge < -0.3 is 19.8 Å². The molecule has 0 unspecified atom stereocenters. The summed E-state index contributed by atoms with van der Waals surface area (Å²) in [5, 5.41) is 27.2. The molecule has 4 aromatic rings. The summed E-state index contributed by atoms with van der Waals surface area (Å²) in [5.74, 6) is -2.44. The molecule has 0 fully saturated rings. The molecule has 4 heteroatoms. The molecule has 0 N–H and O–H groups in total. The zero-order valence-corrected chi connectivity index (χ0v) is 11.3. The van der Waals surface area contributed by atoms with Crippen LogP contribution in [0.1, 0.15) is 20.7 Å². The average Bonchev–Trinajstić information content (AvgIpc) is 2.51. The molecule has 0 heterocycles. The van der Waals surface area contributed by atoms with Crippen molar-refractivity contribution >= 4 is 44.3 Å². The smallest absolute Gasteiger partial charge is 0.0715 e. The number of rotatable bonds is 2. The lowest BCUT2D eigenvalue weighted by Gasteiger charge is -2.14. The van der Waals surface area contributed by atoms with E-state index in [0.29, 0.717) is 0 Å². The lowest BCUT2D eigenvalue weighted by molar-refractivity contribution is -0.256. The third kappa shape index (κ3) is 1.64. The summed E-state index contributed by atoms with van der Waals surface area (Å²) in [6.07, 6.45) is 0. The van der Waals surface area contributed by atoms with Crippen LogP contribution in [0.3, 0.4) is 0 Å². The van der Waals surface area contributed by atoms with Crippen LogP contribution in [-0.2, 0) is 0 Å². The van der Waals surface area contributed by atoms with Crippen molar-refractivity contribution in [2.45, 2.75) is 0 Å². The summed E-state index contributed by atoms with van der Waals surface area (Å²) in [4.78, 5) is 22.2. The molecule has 0 spiro atoms. The number of carbonyl (C=O) groups excluding carboxylic acids is 2. The van der Waals surface area contributed by atoms with E-state index in [9.17, 15) is 19.8 Å². The Hall–Kier alpha value is -3.14. The standard InChI is InChI=1S/C18H10O4/c19-17(20)13-5-9-1-2-10-6-14(18(21)22)8-12-4-3-11(7-13)15(9)16(10)12/h1-8H,(H,19,20)(H,21,22)/p-2. The largest absolute Gasteiger partial charge is 0.545 e. The van der Waals surface area contributed by atoms with Crippen molar-refractivity contribution in [3.8, 4) is 0 Å². The molecule has 0 saturated heterocycles. The van der Waals surface area contributed by atoms with Crippen LogP contribution in [0.25, 0.3) is 32.3 Å². The Morgan fingerprint density at radius 1 is 0.591 bits per heavy atom. The van der Waals surface area contributed by atoms with Crippen LogP contribution in [0.2, 0.25) is 0 Å². The number of hydrogen-bond donors (Lipinski definition) is 0.